The van der Waals surface area contributed by atoms with Crippen LogP contribution in [0.25, 0.3) is 0 Å². The predicted octanol–water partition coefficient (Wildman–Crippen LogP) is 0.522. The molecule has 0 bridgehead atoms. The summed E-state index contributed by atoms with van der Waals surface area (Å²) in [5.41, 5.74) is 1.58. The van der Waals surface area contributed by atoms with E-state index in [1.807, 2.05) is 12.1 Å². The van der Waals surface area contributed by atoms with Crippen LogP contribution in [-0.2, 0) is 25.5 Å². The predicted molar refractivity (Wildman–Crippen MR) is 127 cm³/mol. The molecule has 1 heterocycles. The summed E-state index contributed by atoms with van der Waals surface area (Å²) < 4.78 is 5.66. The van der Waals surface area contributed by atoms with Gasteiger partial charge in [-0.15, -0.1) is 0 Å². The van der Waals surface area contributed by atoms with Crippen molar-refractivity contribution in [3.05, 3.63) is 29.8 Å². The van der Waals surface area contributed by atoms with Crippen LogP contribution < -0.4 is 0 Å². The Kier molecular flexibility index (Phi) is 11.7. The van der Waals surface area contributed by atoms with Crippen molar-refractivity contribution in [1.29, 1.82) is 0 Å². The van der Waals surface area contributed by atoms with E-state index in [2.05, 4.69) is 22.4 Å². The van der Waals surface area contributed by atoms with Gasteiger partial charge in [0.05, 0.1) is 43.7 Å². The largest absolute Gasteiger partial charge is 0.480 e. The highest BCUT2D eigenvalue weighted by molar-refractivity contribution is 7.78. The van der Waals surface area contributed by atoms with E-state index < -0.39 is 17.9 Å². The Labute approximate surface area is 203 Å². The molecule has 11 nitrogen and oxygen atoms in total. The maximum Gasteiger partial charge on any atom is 0.317 e. The molecular formula is C22H30N4O7S. The molecule has 12 heteroatoms. The maximum atomic E-state index is 11.6. The van der Waals surface area contributed by atoms with Crippen LogP contribution in [0.4, 0.5) is 5.69 Å². The highest BCUT2D eigenvalue weighted by Crippen LogP contribution is 2.17. The number of carboxylic acids is 3. The third kappa shape index (κ3) is 10.5. The molecule has 34 heavy (non-hydrogen) atoms. The number of isothiocyanates is 1. The van der Waals surface area contributed by atoms with Crippen LogP contribution in [0.2, 0.25) is 0 Å². The number of hydrogen-bond acceptors (Lipinski definition) is 9. The van der Waals surface area contributed by atoms with E-state index in [4.69, 9.17) is 4.74 Å². The minimum absolute atomic E-state index is 0.171. The molecule has 0 spiro atoms. The highest BCUT2D eigenvalue weighted by atomic mass is 32.1. The summed E-state index contributed by atoms with van der Waals surface area (Å²) in [6.07, 6.45) is 0.476. The van der Waals surface area contributed by atoms with Gasteiger partial charge in [-0.25, -0.2) is 0 Å². The third-order valence-corrected chi connectivity index (χ3v) is 5.52. The first-order valence-electron chi connectivity index (χ1n) is 10.9. The SMILES string of the molecule is O=C(O)CN1CCOCCN(CC(=O)O)[C@@H](Cc2ccc(N=C=S)cc2)CN(CC(=O)O)CC1. The molecule has 1 saturated heterocycles. The number of thiocarbonyl (C=S) groups is 1. The lowest BCUT2D eigenvalue weighted by Crippen LogP contribution is -2.51. The molecule has 1 fully saturated rings. The molecule has 0 radical (unpaired) electrons. The Morgan fingerprint density at radius 3 is 2.12 bits per heavy atom. The summed E-state index contributed by atoms with van der Waals surface area (Å²) >= 11 is 4.62. The van der Waals surface area contributed by atoms with Crippen molar-refractivity contribution in [2.75, 3.05) is 65.6 Å². The van der Waals surface area contributed by atoms with Crippen molar-refractivity contribution in [1.82, 2.24) is 14.7 Å². The number of carboxylic acid groups (broad SMARTS) is 3. The van der Waals surface area contributed by atoms with Gasteiger partial charge in [0.15, 0.2) is 0 Å². The Morgan fingerprint density at radius 1 is 0.912 bits per heavy atom. The van der Waals surface area contributed by atoms with E-state index in [1.165, 1.54) is 0 Å². The quantitative estimate of drug-likeness (QED) is 0.326. The van der Waals surface area contributed by atoms with Crippen molar-refractivity contribution in [2.24, 2.45) is 4.99 Å². The van der Waals surface area contributed by atoms with Gasteiger partial charge in [-0.1, -0.05) is 12.1 Å². The Bertz CT molecular complexity index is 877. The Hall–Kier alpha value is -2.73. The molecule has 2 rings (SSSR count). The number of aliphatic imine (C=N–C) groups is 1. The number of ether oxygens (including phenoxy) is 1. The summed E-state index contributed by atoms with van der Waals surface area (Å²) in [7, 11) is 0. The Morgan fingerprint density at radius 2 is 1.50 bits per heavy atom. The van der Waals surface area contributed by atoms with Crippen molar-refractivity contribution in [3.63, 3.8) is 0 Å². The number of nitrogens with zero attached hydrogens (tertiary/aromatic N) is 4. The van der Waals surface area contributed by atoms with E-state index >= 15 is 0 Å². The molecule has 1 atom stereocenters. The normalized spacial score (nSPS) is 19.4. The van der Waals surface area contributed by atoms with E-state index in [1.54, 1.807) is 26.8 Å². The second kappa shape index (κ2) is 14.5. The molecule has 186 valence electrons. The van der Waals surface area contributed by atoms with E-state index in [9.17, 15) is 29.7 Å². The number of aliphatic carboxylic acids is 3. The standard InChI is InChI=1S/C22H30N4O7S/c27-20(28)13-24-5-6-25(14-21(29)30)12-19(11-17-1-3-18(4-2-17)23-16-34)26(15-22(31)32)8-10-33-9-7-24/h1-4,19H,5-15H2,(H,27,28)(H,29,30)(H,31,32)/t19-/m0/s1. The van der Waals surface area contributed by atoms with Crippen molar-refractivity contribution in [3.8, 4) is 0 Å². The summed E-state index contributed by atoms with van der Waals surface area (Å²) in [6.45, 7) is 1.61. The molecule has 1 aliphatic heterocycles. The van der Waals surface area contributed by atoms with Gasteiger partial charge in [0, 0.05) is 38.8 Å². The summed E-state index contributed by atoms with van der Waals surface area (Å²) in [6, 6.07) is 6.99. The zero-order valence-corrected chi connectivity index (χ0v) is 19.7. The van der Waals surface area contributed by atoms with Gasteiger partial charge < -0.3 is 20.1 Å². The molecule has 0 aliphatic carbocycles. The number of benzene rings is 1. The van der Waals surface area contributed by atoms with Crippen molar-refractivity contribution < 1.29 is 34.4 Å². The fraction of sp³-hybridized carbons (Fsp3) is 0.545. The monoisotopic (exact) mass is 494 g/mol. The molecule has 1 aliphatic rings. The molecule has 0 saturated carbocycles. The zero-order chi connectivity index (χ0) is 24.9. The molecule has 0 unspecified atom stereocenters. The third-order valence-electron chi connectivity index (χ3n) is 5.43. The molecule has 1 aromatic rings. The number of hydrogen-bond donors (Lipinski definition) is 3. The highest BCUT2D eigenvalue weighted by Gasteiger charge is 2.26. The summed E-state index contributed by atoms with van der Waals surface area (Å²) in [5.74, 6) is -2.96. The average Bonchev–Trinajstić information content (AvgIpc) is 2.75. The van der Waals surface area contributed by atoms with E-state index in [0.717, 1.165) is 5.56 Å². The maximum absolute atomic E-state index is 11.6. The minimum Gasteiger partial charge on any atom is -0.480 e. The molecule has 1 aromatic carbocycles. The van der Waals surface area contributed by atoms with Crippen LogP contribution >= 0.6 is 12.2 Å². The lowest BCUT2D eigenvalue weighted by atomic mass is 10.0. The van der Waals surface area contributed by atoms with Gasteiger partial charge >= 0.3 is 17.9 Å². The van der Waals surface area contributed by atoms with Crippen molar-refractivity contribution in [2.45, 2.75) is 12.5 Å². The summed E-state index contributed by atoms with van der Waals surface area (Å²) in [4.78, 5) is 43.5. The molecule has 0 amide bonds. The molecular weight excluding hydrogens is 464 g/mol. The van der Waals surface area contributed by atoms with Crippen LogP contribution in [0.1, 0.15) is 5.56 Å². The van der Waals surface area contributed by atoms with Crippen LogP contribution in [0.3, 0.4) is 0 Å². The van der Waals surface area contributed by atoms with Gasteiger partial charge in [0.2, 0.25) is 0 Å². The van der Waals surface area contributed by atoms with Gasteiger partial charge in [-0.05, 0) is 36.3 Å². The average molecular weight is 495 g/mol. The zero-order valence-electron chi connectivity index (χ0n) is 18.8. The molecule has 0 aromatic heterocycles. The Balaban J connectivity index is 2.29. The first kappa shape index (κ1) is 27.5. The fourth-order valence-electron chi connectivity index (χ4n) is 3.85. The number of carbonyl (C=O) groups is 3. The topological polar surface area (TPSA) is 143 Å². The second-order valence-corrected chi connectivity index (χ2v) is 8.19. The van der Waals surface area contributed by atoms with Gasteiger partial charge in [0.1, 0.15) is 0 Å². The van der Waals surface area contributed by atoms with Gasteiger partial charge in [-0.2, -0.15) is 4.99 Å². The first-order valence-corrected chi connectivity index (χ1v) is 11.3. The van der Waals surface area contributed by atoms with Crippen LogP contribution in [0, 0.1) is 0 Å². The van der Waals surface area contributed by atoms with Crippen molar-refractivity contribution >= 4 is 41.0 Å². The van der Waals surface area contributed by atoms with Gasteiger partial charge in [0.25, 0.3) is 0 Å². The van der Waals surface area contributed by atoms with Crippen LogP contribution in [-0.4, -0.2) is 125 Å². The van der Waals surface area contributed by atoms with Crippen LogP contribution in [0.15, 0.2) is 29.3 Å². The first-order chi connectivity index (χ1) is 16.3. The number of rotatable bonds is 9. The fourth-order valence-corrected chi connectivity index (χ4v) is 3.96. The van der Waals surface area contributed by atoms with Crippen LogP contribution in [0.5, 0.6) is 0 Å². The van der Waals surface area contributed by atoms with Gasteiger partial charge in [-0.3, -0.25) is 29.1 Å². The summed E-state index contributed by atoms with van der Waals surface area (Å²) in [5, 5.41) is 30.4. The smallest absolute Gasteiger partial charge is 0.317 e. The lowest BCUT2D eigenvalue weighted by Gasteiger charge is -2.36. The molecule has 3 N–H and O–H groups in total. The van der Waals surface area contributed by atoms with E-state index in [0.29, 0.717) is 51.4 Å². The second-order valence-electron chi connectivity index (χ2n) is 8.00. The minimum atomic E-state index is -1.01. The lowest BCUT2D eigenvalue weighted by molar-refractivity contribution is -0.141. The van der Waals surface area contributed by atoms with E-state index in [-0.39, 0.29) is 32.3 Å².